The molecule has 0 saturated heterocycles. The SMILES string of the molecule is CS(=O)(=O)Nc1ccc2c(c1)CCN2C(=O)C1CC1. The third kappa shape index (κ3) is 2.58. The van der Waals surface area contributed by atoms with E-state index in [9.17, 15) is 13.2 Å². The van der Waals surface area contributed by atoms with Gasteiger partial charge in [0.05, 0.1) is 6.26 Å². The van der Waals surface area contributed by atoms with Gasteiger partial charge in [0.2, 0.25) is 15.9 Å². The van der Waals surface area contributed by atoms with Gasteiger partial charge in [-0.25, -0.2) is 8.42 Å². The van der Waals surface area contributed by atoms with Crippen LogP contribution in [0.2, 0.25) is 0 Å². The quantitative estimate of drug-likeness (QED) is 0.909. The summed E-state index contributed by atoms with van der Waals surface area (Å²) in [5.74, 6) is 0.419. The molecule has 0 spiro atoms. The number of rotatable bonds is 3. The van der Waals surface area contributed by atoms with Gasteiger partial charge in [0, 0.05) is 23.8 Å². The van der Waals surface area contributed by atoms with Crippen LogP contribution < -0.4 is 9.62 Å². The van der Waals surface area contributed by atoms with Gasteiger partial charge in [-0.3, -0.25) is 9.52 Å². The first-order chi connectivity index (χ1) is 8.94. The maximum absolute atomic E-state index is 12.1. The summed E-state index contributed by atoms with van der Waals surface area (Å²) in [4.78, 5) is 13.9. The summed E-state index contributed by atoms with van der Waals surface area (Å²) in [5, 5.41) is 0. The summed E-state index contributed by atoms with van der Waals surface area (Å²) < 4.78 is 24.8. The Morgan fingerprint density at radius 3 is 2.74 bits per heavy atom. The van der Waals surface area contributed by atoms with Gasteiger partial charge in [-0.1, -0.05) is 0 Å². The van der Waals surface area contributed by atoms with Crippen molar-refractivity contribution >= 4 is 27.3 Å². The molecule has 6 heteroatoms. The Labute approximate surface area is 112 Å². The number of nitrogens with zero attached hydrogens (tertiary/aromatic N) is 1. The van der Waals surface area contributed by atoms with Crippen molar-refractivity contribution in [2.75, 3.05) is 22.4 Å². The van der Waals surface area contributed by atoms with E-state index in [1.807, 2.05) is 17.0 Å². The van der Waals surface area contributed by atoms with Crippen LogP contribution in [0.3, 0.4) is 0 Å². The molecule has 1 aromatic rings. The van der Waals surface area contributed by atoms with Crippen LogP contribution in [0.25, 0.3) is 0 Å². The highest BCUT2D eigenvalue weighted by atomic mass is 32.2. The highest BCUT2D eigenvalue weighted by Crippen LogP contribution is 2.37. The first-order valence-electron chi connectivity index (χ1n) is 6.36. The Kier molecular flexibility index (Phi) is 2.78. The largest absolute Gasteiger partial charge is 0.312 e. The van der Waals surface area contributed by atoms with E-state index in [-0.39, 0.29) is 11.8 Å². The molecule has 1 N–H and O–H groups in total. The molecule has 19 heavy (non-hydrogen) atoms. The number of carbonyl (C=O) groups excluding carboxylic acids is 1. The summed E-state index contributed by atoms with van der Waals surface area (Å²) in [6, 6.07) is 5.35. The van der Waals surface area contributed by atoms with Gasteiger partial charge < -0.3 is 4.90 Å². The Hall–Kier alpha value is -1.56. The normalized spacial score (nSPS) is 18.3. The topological polar surface area (TPSA) is 66.5 Å². The lowest BCUT2D eigenvalue weighted by molar-refractivity contribution is -0.119. The molecule has 102 valence electrons. The maximum Gasteiger partial charge on any atom is 0.230 e. The van der Waals surface area contributed by atoms with Crippen molar-refractivity contribution in [3.05, 3.63) is 23.8 Å². The van der Waals surface area contributed by atoms with Gasteiger partial charge >= 0.3 is 0 Å². The summed E-state index contributed by atoms with van der Waals surface area (Å²) in [5.41, 5.74) is 2.51. The number of sulfonamides is 1. The molecule has 0 radical (unpaired) electrons. The van der Waals surface area contributed by atoms with Crippen molar-refractivity contribution in [2.24, 2.45) is 5.92 Å². The van der Waals surface area contributed by atoms with Crippen LogP contribution in [0.1, 0.15) is 18.4 Å². The van der Waals surface area contributed by atoms with Crippen LogP contribution in [0.5, 0.6) is 0 Å². The fourth-order valence-electron chi connectivity index (χ4n) is 2.46. The molecule has 1 heterocycles. The predicted octanol–water partition coefficient (Wildman–Crippen LogP) is 1.36. The molecular weight excluding hydrogens is 264 g/mol. The summed E-state index contributed by atoms with van der Waals surface area (Å²) >= 11 is 0. The smallest absolute Gasteiger partial charge is 0.230 e. The van der Waals surface area contributed by atoms with E-state index in [2.05, 4.69) is 4.72 Å². The van der Waals surface area contributed by atoms with E-state index in [0.29, 0.717) is 12.2 Å². The second-order valence-electron chi connectivity index (χ2n) is 5.23. The molecule has 1 aromatic carbocycles. The van der Waals surface area contributed by atoms with Gasteiger partial charge in [0.1, 0.15) is 0 Å². The van der Waals surface area contributed by atoms with E-state index in [0.717, 1.165) is 36.8 Å². The third-order valence-corrected chi connectivity index (χ3v) is 4.08. The van der Waals surface area contributed by atoms with Gasteiger partial charge in [-0.2, -0.15) is 0 Å². The Bertz CT molecular complexity index is 635. The van der Waals surface area contributed by atoms with Crippen LogP contribution in [0, 0.1) is 5.92 Å². The number of hydrogen-bond donors (Lipinski definition) is 1. The van der Waals surface area contributed by atoms with E-state index in [1.54, 1.807) is 6.07 Å². The molecule has 1 saturated carbocycles. The highest BCUT2D eigenvalue weighted by molar-refractivity contribution is 7.92. The second kappa shape index (κ2) is 4.23. The molecule has 1 aliphatic heterocycles. The van der Waals surface area contributed by atoms with Crippen LogP contribution in [0.4, 0.5) is 11.4 Å². The zero-order valence-electron chi connectivity index (χ0n) is 10.7. The van der Waals surface area contributed by atoms with Gasteiger partial charge in [-0.05, 0) is 43.0 Å². The van der Waals surface area contributed by atoms with Crippen molar-refractivity contribution in [1.82, 2.24) is 0 Å². The first-order valence-corrected chi connectivity index (χ1v) is 8.25. The Morgan fingerprint density at radius 2 is 2.11 bits per heavy atom. The number of carbonyl (C=O) groups is 1. The Balaban J connectivity index is 1.85. The minimum Gasteiger partial charge on any atom is -0.312 e. The molecule has 0 aromatic heterocycles. The number of benzene rings is 1. The predicted molar refractivity (Wildman–Crippen MR) is 73.7 cm³/mol. The van der Waals surface area contributed by atoms with Crippen LogP contribution in [-0.2, 0) is 21.2 Å². The number of anilines is 2. The number of fused-ring (bicyclic) bond motifs is 1. The van der Waals surface area contributed by atoms with Crippen molar-refractivity contribution in [1.29, 1.82) is 0 Å². The average molecular weight is 280 g/mol. The lowest BCUT2D eigenvalue weighted by Crippen LogP contribution is -2.30. The molecule has 1 amide bonds. The minimum atomic E-state index is -3.26. The third-order valence-electron chi connectivity index (χ3n) is 3.47. The van der Waals surface area contributed by atoms with E-state index >= 15 is 0 Å². The monoisotopic (exact) mass is 280 g/mol. The van der Waals surface area contributed by atoms with Gasteiger partial charge in [0.15, 0.2) is 0 Å². The lowest BCUT2D eigenvalue weighted by atomic mass is 10.1. The molecule has 1 aliphatic carbocycles. The van der Waals surface area contributed by atoms with Crippen LogP contribution >= 0.6 is 0 Å². The molecule has 5 nitrogen and oxygen atoms in total. The lowest BCUT2D eigenvalue weighted by Gasteiger charge is -2.17. The summed E-state index contributed by atoms with van der Waals surface area (Å²) in [7, 11) is -3.26. The molecule has 1 fully saturated rings. The first kappa shape index (κ1) is 12.5. The van der Waals surface area contributed by atoms with Crippen molar-refractivity contribution in [3.63, 3.8) is 0 Å². The molecular formula is C13H16N2O3S. The average Bonchev–Trinajstić information content (AvgIpc) is 3.07. The highest BCUT2D eigenvalue weighted by Gasteiger charge is 2.36. The van der Waals surface area contributed by atoms with Crippen molar-refractivity contribution in [2.45, 2.75) is 19.3 Å². The van der Waals surface area contributed by atoms with Crippen molar-refractivity contribution < 1.29 is 13.2 Å². The zero-order valence-corrected chi connectivity index (χ0v) is 11.5. The summed E-state index contributed by atoms with van der Waals surface area (Å²) in [6.07, 6.45) is 3.91. The maximum atomic E-state index is 12.1. The Morgan fingerprint density at radius 1 is 1.37 bits per heavy atom. The van der Waals surface area contributed by atoms with Gasteiger partial charge in [-0.15, -0.1) is 0 Å². The number of amides is 1. The fourth-order valence-corrected chi connectivity index (χ4v) is 3.01. The second-order valence-corrected chi connectivity index (χ2v) is 6.98. The molecule has 2 aliphatic rings. The van der Waals surface area contributed by atoms with E-state index < -0.39 is 10.0 Å². The molecule has 3 rings (SSSR count). The van der Waals surface area contributed by atoms with E-state index in [1.165, 1.54) is 0 Å². The van der Waals surface area contributed by atoms with E-state index in [4.69, 9.17) is 0 Å². The minimum absolute atomic E-state index is 0.208. The zero-order chi connectivity index (χ0) is 13.6. The van der Waals surface area contributed by atoms with Crippen LogP contribution in [-0.4, -0.2) is 27.1 Å². The molecule has 0 atom stereocenters. The molecule has 0 unspecified atom stereocenters. The molecule has 0 bridgehead atoms. The summed E-state index contributed by atoms with van der Waals surface area (Å²) in [6.45, 7) is 0.701. The van der Waals surface area contributed by atoms with Crippen LogP contribution in [0.15, 0.2) is 18.2 Å². The van der Waals surface area contributed by atoms with Gasteiger partial charge in [0.25, 0.3) is 0 Å². The van der Waals surface area contributed by atoms with Crippen molar-refractivity contribution in [3.8, 4) is 0 Å². The number of nitrogens with one attached hydrogen (secondary N) is 1. The fraction of sp³-hybridized carbons (Fsp3) is 0.462. The number of hydrogen-bond acceptors (Lipinski definition) is 3. The standard InChI is InChI=1S/C13H16N2O3S/c1-19(17,18)14-11-4-5-12-10(8-11)6-7-15(12)13(16)9-2-3-9/h4-5,8-9,14H,2-3,6-7H2,1H3.